The summed E-state index contributed by atoms with van der Waals surface area (Å²) < 4.78 is 8.85. The molecule has 0 atom stereocenters. The molecule has 0 spiro atoms. The number of rotatable bonds is 8. The molecule has 0 fully saturated rings. The van der Waals surface area contributed by atoms with Crippen molar-refractivity contribution in [2.75, 3.05) is 0 Å². The topological polar surface area (TPSA) is 67.3 Å². The van der Waals surface area contributed by atoms with Gasteiger partial charge in [0.15, 0.2) is 0 Å². The summed E-state index contributed by atoms with van der Waals surface area (Å²) >= 11 is 0. The Bertz CT molecular complexity index is 3740. The van der Waals surface area contributed by atoms with Crippen molar-refractivity contribution < 1.29 is 0 Å². The van der Waals surface area contributed by atoms with Crippen LogP contribution in [0.4, 0.5) is 0 Å². The van der Waals surface area contributed by atoms with Crippen LogP contribution >= 0.6 is 0 Å². The summed E-state index contributed by atoms with van der Waals surface area (Å²) in [7, 11) is 0. The van der Waals surface area contributed by atoms with E-state index in [4.69, 9.17) is 6.42 Å². The molecule has 0 aliphatic heterocycles. The lowest BCUT2D eigenvalue weighted by molar-refractivity contribution is 0.976. The molecule has 11 aromatic rings. The summed E-state index contributed by atoms with van der Waals surface area (Å²) in [4.78, 5) is 0. The number of nitrogens with zero attached hydrogens (tertiary/aromatic N) is 6. The van der Waals surface area contributed by atoms with Crippen LogP contribution in [0.1, 0.15) is 40.1 Å². The van der Waals surface area contributed by atoms with E-state index in [0.29, 0.717) is 40.3 Å². The molecule has 306 valence electrons. The molecule has 0 amide bonds. The Morgan fingerprint density at radius 1 is 0.492 bits per heavy atom. The van der Waals surface area contributed by atoms with Gasteiger partial charge in [0.25, 0.3) is 0 Å². The number of hydrogen-bond acceptors (Lipinski definition) is 2. The van der Waals surface area contributed by atoms with Gasteiger partial charge >= 0.3 is 0 Å². The van der Waals surface area contributed by atoms with Crippen LogP contribution in [0, 0.1) is 48.9 Å². The van der Waals surface area contributed by atoms with Crippen molar-refractivity contribution in [1.29, 1.82) is 10.5 Å². The van der Waals surface area contributed by atoms with E-state index in [9.17, 15) is 10.5 Å². The number of nitriles is 2. The highest BCUT2D eigenvalue weighted by molar-refractivity contribution is 6.13. The normalized spacial score (nSPS) is 11.8. The molecule has 7 aromatic carbocycles. The zero-order valence-corrected chi connectivity index (χ0v) is 35.9. The van der Waals surface area contributed by atoms with Crippen LogP contribution in [-0.2, 0) is 0 Å². The smallest absolute Gasteiger partial charge is 0.104 e. The third-order valence-electron chi connectivity index (χ3n) is 12.9. The van der Waals surface area contributed by atoms with Gasteiger partial charge in [-0.25, -0.2) is 0 Å². The first kappa shape index (κ1) is 38.9. The van der Waals surface area contributed by atoms with Gasteiger partial charge in [-0.3, -0.25) is 0 Å². The van der Waals surface area contributed by atoms with E-state index in [1.54, 1.807) is 6.08 Å². The number of terminal acetylenes is 1. The largest absolute Gasteiger partial charge is 0.311 e. The fourth-order valence-corrected chi connectivity index (χ4v) is 10.3. The maximum Gasteiger partial charge on any atom is 0.104 e. The van der Waals surface area contributed by atoms with Crippen molar-refractivity contribution in [2.24, 2.45) is 0 Å². The van der Waals surface area contributed by atoms with Crippen molar-refractivity contribution in [3.63, 3.8) is 0 Å². The zero-order valence-electron chi connectivity index (χ0n) is 35.9. The third kappa shape index (κ3) is 5.60. The molecule has 0 aliphatic carbocycles. The van der Waals surface area contributed by atoms with Crippen molar-refractivity contribution in [3.8, 4) is 47.2 Å². The second-order valence-electron chi connectivity index (χ2n) is 16.2. The van der Waals surface area contributed by atoms with Crippen LogP contribution in [-0.4, -0.2) is 18.3 Å². The van der Waals surface area contributed by atoms with Crippen LogP contribution in [0.5, 0.6) is 0 Å². The summed E-state index contributed by atoms with van der Waals surface area (Å²) in [6.07, 6.45) is 16.5. The van der Waals surface area contributed by atoms with Crippen LogP contribution in [0.2, 0.25) is 0 Å². The molecule has 4 heterocycles. The Labute approximate surface area is 376 Å². The number of hydrogen-bond donors (Lipinski definition) is 0. The molecule has 65 heavy (non-hydrogen) atoms. The molecular weight excluding hydrogens is 793 g/mol. The van der Waals surface area contributed by atoms with E-state index < -0.39 is 0 Å². The van der Waals surface area contributed by atoms with Crippen LogP contribution in [0.25, 0.3) is 100 Å². The fourth-order valence-electron chi connectivity index (χ4n) is 10.3. The van der Waals surface area contributed by atoms with Crippen molar-refractivity contribution in [1.82, 2.24) is 18.3 Å². The fraction of sp³-hybridized carbons (Fsp3) is 0.0508. The molecule has 6 nitrogen and oxygen atoms in total. The van der Waals surface area contributed by atoms with Gasteiger partial charge in [-0.1, -0.05) is 133 Å². The molecule has 0 N–H and O–H groups in total. The molecule has 6 heteroatoms. The Balaban J connectivity index is 1.50. The van der Waals surface area contributed by atoms with Crippen molar-refractivity contribution >= 4 is 77.6 Å². The van der Waals surface area contributed by atoms with Crippen LogP contribution in [0.3, 0.4) is 0 Å². The van der Waals surface area contributed by atoms with Gasteiger partial charge in [0.2, 0.25) is 0 Å². The number of allylic oxidation sites excluding steroid dienone is 3. The minimum atomic E-state index is 0.348. The number of para-hydroxylation sites is 6. The van der Waals surface area contributed by atoms with Gasteiger partial charge in [0.1, 0.15) is 23.3 Å². The zero-order chi connectivity index (χ0) is 44.3. The van der Waals surface area contributed by atoms with Crippen molar-refractivity contribution in [3.05, 3.63) is 204 Å². The summed E-state index contributed by atoms with van der Waals surface area (Å²) in [6, 6.07) is 55.6. The van der Waals surface area contributed by atoms with Crippen LogP contribution in [0.15, 0.2) is 170 Å². The Morgan fingerprint density at radius 2 is 0.892 bits per heavy atom. The monoisotopic (exact) mass is 832 g/mol. The predicted octanol–water partition coefficient (Wildman–Crippen LogP) is 14.4. The molecule has 0 radical (unpaired) electrons. The first-order chi connectivity index (χ1) is 32.0. The lowest BCUT2D eigenvalue weighted by atomic mass is 9.98. The molecule has 4 aromatic heterocycles. The lowest BCUT2D eigenvalue weighted by Crippen LogP contribution is -2.17. The summed E-state index contributed by atoms with van der Waals surface area (Å²) in [5, 5.41) is 30.5. The summed E-state index contributed by atoms with van der Waals surface area (Å²) in [5.74, 6) is 2.74. The molecular formula is C59H40N6. The first-order valence-electron chi connectivity index (χ1n) is 21.6. The van der Waals surface area contributed by atoms with E-state index in [1.165, 1.54) is 0 Å². The lowest BCUT2D eigenvalue weighted by Gasteiger charge is -2.27. The second kappa shape index (κ2) is 15.4. The molecule has 0 aliphatic rings. The van der Waals surface area contributed by atoms with E-state index in [2.05, 4.69) is 166 Å². The molecule has 11 rings (SSSR count). The summed E-state index contributed by atoms with van der Waals surface area (Å²) in [6.45, 7) is 8.14. The Kier molecular flexibility index (Phi) is 9.21. The average Bonchev–Trinajstić information content (AvgIpc) is 4.04. The third-order valence-corrected chi connectivity index (χ3v) is 12.9. The molecule has 0 saturated heterocycles. The Hall–Kier alpha value is -9.02. The summed E-state index contributed by atoms with van der Waals surface area (Å²) in [5.41, 5.74) is 12.4. The second-order valence-corrected chi connectivity index (χ2v) is 16.2. The molecule has 0 unspecified atom stereocenters. The van der Waals surface area contributed by atoms with Gasteiger partial charge in [-0.15, -0.1) is 13.0 Å². The number of fused-ring (bicyclic) bond motifs is 8. The highest BCUT2D eigenvalue weighted by Gasteiger charge is 2.34. The first-order valence-corrected chi connectivity index (χ1v) is 21.6. The highest BCUT2D eigenvalue weighted by atomic mass is 15.1. The van der Waals surface area contributed by atoms with E-state index in [-0.39, 0.29) is 0 Å². The van der Waals surface area contributed by atoms with E-state index in [1.807, 2.05) is 60.7 Å². The molecule has 0 saturated carbocycles. The predicted molar refractivity (Wildman–Crippen MR) is 269 cm³/mol. The highest BCUT2D eigenvalue weighted by Crippen LogP contribution is 2.48. The molecule has 0 bridgehead atoms. The van der Waals surface area contributed by atoms with Gasteiger partial charge in [-0.2, -0.15) is 10.5 Å². The van der Waals surface area contributed by atoms with E-state index in [0.717, 1.165) is 87.9 Å². The van der Waals surface area contributed by atoms with Gasteiger partial charge < -0.3 is 18.3 Å². The number of benzene rings is 7. The minimum absolute atomic E-state index is 0.348. The maximum atomic E-state index is 12.2. The quantitative estimate of drug-likeness (QED) is 0.113. The number of aryl methyl sites for hydroxylation is 1. The standard InChI is InChI=1S/C59H40N6/c1-5-7-9-23-41-39(4)62(51-31-17-11-24-42(41)51)56-47(36-60)57(64-52-32-18-12-25-43(52)44-26-13-19-33-53(44)64)59(63-49(29-8-6-2)38(3)40-22-10-16-30-50(40)63)58(48(56)37-61)65-54-34-20-14-27-45(54)46-28-15-21-35-55(46)65/h2,5,8-35H,1,7H2,3-4H3/b23-9-,29-8-. The van der Waals surface area contributed by atoms with Gasteiger partial charge in [0, 0.05) is 43.6 Å². The maximum absolute atomic E-state index is 12.2. The van der Waals surface area contributed by atoms with E-state index >= 15 is 0 Å². The SMILES string of the molecule is C#C/C=C\c1c(C)c2ccccc2n1-c1c(-n2c3ccccc3c3ccccc32)c(C#N)c(-n2c(C)c(/C=C\CC=C)c3ccccc32)c(C#N)c1-n1c2ccccc2c2ccccc21. The minimum Gasteiger partial charge on any atom is -0.311 e. The number of aromatic nitrogens is 4. The van der Waals surface area contributed by atoms with Gasteiger partial charge in [-0.05, 0) is 74.4 Å². The van der Waals surface area contributed by atoms with Gasteiger partial charge in [0.05, 0.1) is 61.5 Å². The van der Waals surface area contributed by atoms with Crippen LogP contribution < -0.4 is 0 Å². The average molecular weight is 833 g/mol. The Morgan fingerprint density at radius 3 is 1.32 bits per heavy atom. The van der Waals surface area contributed by atoms with Crippen molar-refractivity contribution in [2.45, 2.75) is 20.3 Å².